The maximum atomic E-state index is 6.10. The van der Waals surface area contributed by atoms with Crippen LogP contribution in [0.25, 0.3) is 0 Å². The Morgan fingerprint density at radius 1 is 1.54 bits per heavy atom. The largest absolute Gasteiger partial charge is 0.302 e. The summed E-state index contributed by atoms with van der Waals surface area (Å²) in [4.78, 5) is 2.51. The molecule has 1 atom stereocenters. The molecule has 0 radical (unpaired) electrons. The van der Waals surface area contributed by atoms with Crippen LogP contribution in [-0.4, -0.2) is 41.4 Å². The van der Waals surface area contributed by atoms with Gasteiger partial charge in [-0.1, -0.05) is 6.92 Å². The van der Waals surface area contributed by atoms with E-state index in [-0.39, 0.29) is 0 Å². The molecule has 0 spiro atoms. The Bertz CT molecular complexity index is 132. The van der Waals surface area contributed by atoms with E-state index in [0.717, 1.165) is 6.54 Å². The minimum absolute atomic E-state index is 0.410. The zero-order valence-electron chi connectivity index (χ0n) is 8.47. The van der Waals surface area contributed by atoms with Crippen LogP contribution in [0.1, 0.15) is 26.2 Å². The van der Waals surface area contributed by atoms with E-state index in [4.69, 9.17) is 11.6 Å². The normalized spacial score (nSPS) is 24.9. The van der Waals surface area contributed by atoms with Crippen molar-refractivity contribution < 1.29 is 0 Å². The van der Waals surface area contributed by atoms with Gasteiger partial charge in [0.05, 0.1) is 0 Å². The molecular formula is C10H20ClNS. The summed E-state index contributed by atoms with van der Waals surface area (Å²) in [5.74, 6) is 2.55. The summed E-state index contributed by atoms with van der Waals surface area (Å²) in [6.45, 7) is 5.84. The number of rotatable bonds is 5. The van der Waals surface area contributed by atoms with Crippen LogP contribution in [0.5, 0.6) is 0 Å². The number of thioether (sulfide) groups is 1. The topological polar surface area (TPSA) is 3.24 Å². The molecule has 0 N–H and O–H groups in total. The predicted octanol–water partition coefficient (Wildman–Crippen LogP) is 2.83. The monoisotopic (exact) mass is 221 g/mol. The van der Waals surface area contributed by atoms with Crippen LogP contribution in [0.15, 0.2) is 0 Å². The second-order valence-corrected chi connectivity index (χ2v) is 5.60. The van der Waals surface area contributed by atoms with Gasteiger partial charge in [0.2, 0.25) is 0 Å². The fraction of sp³-hybridized carbons (Fsp3) is 1.00. The Balaban J connectivity index is 2.00. The van der Waals surface area contributed by atoms with Gasteiger partial charge in [-0.15, -0.1) is 11.6 Å². The highest BCUT2D eigenvalue weighted by Gasteiger charge is 2.16. The van der Waals surface area contributed by atoms with Crippen molar-refractivity contribution in [2.24, 2.45) is 0 Å². The van der Waals surface area contributed by atoms with Gasteiger partial charge in [-0.05, 0) is 43.9 Å². The van der Waals surface area contributed by atoms with Crippen molar-refractivity contribution in [3.8, 4) is 0 Å². The first-order valence-corrected chi connectivity index (χ1v) is 6.86. The molecule has 1 aliphatic heterocycles. The Kier molecular flexibility index (Phi) is 6.26. The minimum Gasteiger partial charge on any atom is -0.302 e. The zero-order chi connectivity index (χ0) is 9.52. The second-order valence-electron chi connectivity index (χ2n) is 3.59. The van der Waals surface area contributed by atoms with Crippen LogP contribution in [0.2, 0.25) is 0 Å². The molecule has 1 heterocycles. The van der Waals surface area contributed by atoms with E-state index < -0.39 is 0 Å². The van der Waals surface area contributed by atoms with Crippen molar-refractivity contribution >= 4 is 23.4 Å². The van der Waals surface area contributed by atoms with Crippen molar-refractivity contribution in [2.45, 2.75) is 31.6 Å². The zero-order valence-corrected chi connectivity index (χ0v) is 10.0. The van der Waals surface area contributed by atoms with Gasteiger partial charge in [0.25, 0.3) is 0 Å². The quantitative estimate of drug-likeness (QED) is 0.519. The fourth-order valence-electron chi connectivity index (χ4n) is 1.74. The van der Waals surface area contributed by atoms with Crippen molar-refractivity contribution in [2.75, 3.05) is 31.1 Å². The van der Waals surface area contributed by atoms with E-state index in [1.807, 2.05) is 11.8 Å². The highest BCUT2D eigenvalue weighted by Crippen LogP contribution is 2.15. The fourth-order valence-corrected chi connectivity index (χ4v) is 2.71. The third-order valence-electron chi connectivity index (χ3n) is 2.42. The van der Waals surface area contributed by atoms with Gasteiger partial charge in [0.1, 0.15) is 0 Å². The van der Waals surface area contributed by atoms with Crippen molar-refractivity contribution in [1.29, 1.82) is 0 Å². The van der Waals surface area contributed by atoms with Gasteiger partial charge in [-0.3, -0.25) is 0 Å². The molecule has 0 aliphatic carbocycles. The Labute approximate surface area is 91.2 Å². The van der Waals surface area contributed by atoms with E-state index in [9.17, 15) is 0 Å². The molecular weight excluding hydrogens is 202 g/mol. The third-order valence-corrected chi connectivity index (χ3v) is 3.76. The summed E-state index contributed by atoms with van der Waals surface area (Å²) >= 11 is 8.14. The number of piperidine rings is 1. The molecule has 1 nitrogen and oxygen atoms in total. The van der Waals surface area contributed by atoms with Gasteiger partial charge >= 0.3 is 0 Å². The second kappa shape index (κ2) is 6.97. The Hall–Kier alpha value is 0.600. The molecule has 0 saturated carbocycles. The molecule has 78 valence electrons. The average Bonchev–Trinajstić information content (AvgIpc) is 2.13. The molecule has 0 aromatic heterocycles. The van der Waals surface area contributed by atoms with Crippen LogP contribution in [0.4, 0.5) is 0 Å². The lowest BCUT2D eigenvalue weighted by Crippen LogP contribution is -2.36. The van der Waals surface area contributed by atoms with E-state index >= 15 is 0 Å². The predicted molar refractivity (Wildman–Crippen MR) is 62.9 cm³/mol. The highest BCUT2D eigenvalue weighted by molar-refractivity contribution is 7.99. The summed E-state index contributed by atoms with van der Waals surface area (Å²) < 4.78 is 0. The molecule has 3 heteroatoms. The molecule has 13 heavy (non-hydrogen) atoms. The van der Waals surface area contributed by atoms with Crippen LogP contribution in [-0.2, 0) is 0 Å². The van der Waals surface area contributed by atoms with E-state index in [2.05, 4.69) is 11.8 Å². The summed E-state index contributed by atoms with van der Waals surface area (Å²) in [5, 5.41) is 0.410. The van der Waals surface area contributed by atoms with Crippen LogP contribution < -0.4 is 0 Å². The van der Waals surface area contributed by atoms with Crippen molar-refractivity contribution in [3.63, 3.8) is 0 Å². The first kappa shape index (κ1) is 11.7. The van der Waals surface area contributed by atoms with Crippen LogP contribution in [0.3, 0.4) is 0 Å². The van der Waals surface area contributed by atoms with Crippen LogP contribution >= 0.6 is 23.4 Å². The highest BCUT2D eigenvalue weighted by atomic mass is 35.5. The molecule has 1 unspecified atom stereocenters. The minimum atomic E-state index is 0.410. The summed E-state index contributed by atoms with van der Waals surface area (Å²) in [6, 6.07) is 0. The number of halogens is 1. The van der Waals surface area contributed by atoms with E-state index in [0.29, 0.717) is 5.38 Å². The van der Waals surface area contributed by atoms with Gasteiger partial charge in [-0.25, -0.2) is 0 Å². The average molecular weight is 222 g/mol. The SMILES string of the molecule is CCSCCCN1CCCC(Cl)C1. The lowest BCUT2D eigenvalue weighted by Gasteiger charge is -2.29. The molecule has 0 aromatic rings. The number of hydrogen-bond donors (Lipinski definition) is 0. The van der Waals surface area contributed by atoms with E-state index in [1.54, 1.807) is 0 Å². The van der Waals surface area contributed by atoms with Gasteiger partial charge in [-0.2, -0.15) is 11.8 Å². The van der Waals surface area contributed by atoms with Gasteiger partial charge < -0.3 is 4.90 Å². The molecule has 1 saturated heterocycles. The number of alkyl halides is 1. The lowest BCUT2D eigenvalue weighted by molar-refractivity contribution is 0.233. The number of nitrogens with zero attached hydrogens (tertiary/aromatic N) is 1. The van der Waals surface area contributed by atoms with Gasteiger partial charge in [0, 0.05) is 11.9 Å². The van der Waals surface area contributed by atoms with Crippen molar-refractivity contribution in [1.82, 2.24) is 4.90 Å². The standard InChI is InChI=1S/C10H20ClNS/c1-2-13-8-4-7-12-6-3-5-10(11)9-12/h10H,2-9H2,1H3. The summed E-state index contributed by atoms with van der Waals surface area (Å²) in [7, 11) is 0. The maximum absolute atomic E-state index is 6.10. The van der Waals surface area contributed by atoms with E-state index in [1.165, 1.54) is 43.9 Å². The molecule has 0 bridgehead atoms. The molecule has 0 amide bonds. The first-order chi connectivity index (χ1) is 6.33. The smallest absolute Gasteiger partial charge is 0.0463 e. The Morgan fingerprint density at radius 3 is 3.08 bits per heavy atom. The van der Waals surface area contributed by atoms with Gasteiger partial charge in [0.15, 0.2) is 0 Å². The molecule has 1 aliphatic rings. The molecule has 1 rings (SSSR count). The lowest BCUT2D eigenvalue weighted by atomic mass is 10.1. The number of likely N-dealkylation sites (tertiary alicyclic amines) is 1. The molecule has 0 aromatic carbocycles. The third kappa shape index (κ3) is 5.14. The summed E-state index contributed by atoms with van der Waals surface area (Å²) in [6.07, 6.45) is 3.82. The Morgan fingerprint density at radius 2 is 2.38 bits per heavy atom. The molecule has 1 fully saturated rings. The maximum Gasteiger partial charge on any atom is 0.0463 e. The van der Waals surface area contributed by atoms with Crippen molar-refractivity contribution in [3.05, 3.63) is 0 Å². The number of hydrogen-bond acceptors (Lipinski definition) is 2. The van der Waals surface area contributed by atoms with Crippen LogP contribution in [0, 0.1) is 0 Å². The summed E-state index contributed by atoms with van der Waals surface area (Å²) in [5.41, 5.74) is 0. The first-order valence-electron chi connectivity index (χ1n) is 5.27.